The normalized spacial score (nSPS) is 16.3. The molecule has 0 bridgehead atoms. The van der Waals surface area contributed by atoms with E-state index >= 15 is 0 Å². The van der Waals surface area contributed by atoms with E-state index in [-0.39, 0.29) is 12.3 Å². The second-order valence-electron chi connectivity index (χ2n) is 6.35. The lowest BCUT2D eigenvalue weighted by Gasteiger charge is -2.35. The Labute approximate surface area is 159 Å². The van der Waals surface area contributed by atoms with Gasteiger partial charge in [0.2, 0.25) is 0 Å². The van der Waals surface area contributed by atoms with Gasteiger partial charge in [0.05, 0.1) is 12.7 Å². The van der Waals surface area contributed by atoms with Crippen molar-refractivity contribution in [3.8, 4) is 5.75 Å². The van der Waals surface area contributed by atoms with Gasteiger partial charge in [-0.3, -0.25) is 4.79 Å². The van der Waals surface area contributed by atoms with Gasteiger partial charge in [-0.1, -0.05) is 30.3 Å². The summed E-state index contributed by atoms with van der Waals surface area (Å²) in [4.78, 5) is 26.1. The van der Waals surface area contributed by atoms with Crippen LogP contribution in [0.3, 0.4) is 0 Å². The van der Waals surface area contributed by atoms with Crippen LogP contribution in [0.5, 0.6) is 5.75 Å². The highest BCUT2D eigenvalue weighted by Gasteiger charge is 2.35. The summed E-state index contributed by atoms with van der Waals surface area (Å²) in [6.45, 7) is -0.294. The van der Waals surface area contributed by atoms with E-state index in [1.165, 1.54) is 24.1 Å². The second-order valence-corrected chi connectivity index (χ2v) is 6.35. The van der Waals surface area contributed by atoms with Crippen LogP contribution in [-0.4, -0.2) is 36.5 Å². The van der Waals surface area contributed by atoms with Gasteiger partial charge >= 0.3 is 12.1 Å². The van der Waals surface area contributed by atoms with E-state index in [4.69, 9.17) is 9.47 Å². The van der Waals surface area contributed by atoms with Gasteiger partial charge in [0.15, 0.2) is 6.61 Å². The van der Waals surface area contributed by atoms with Crippen molar-refractivity contribution < 1.29 is 32.2 Å². The molecule has 5 nitrogen and oxygen atoms in total. The summed E-state index contributed by atoms with van der Waals surface area (Å²) >= 11 is 0. The number of methoxy groups -OCH3 is 1. The number of carbonyl (C=O) groups is 2. The molecule has 1 aliphatic heterocycles. The maximum Gasteiger partial charge on any atom is 0.416 e. The summed E-state index contributed by atoms with van der Waals surface area (Å²) in [6, 6.07) is 10.9. The molecule has 0 radical (unpaired) electrons. The lowest BCUT2D eigenvalue weighted by molar-refractivity contribution is -0.154. The number of halogens is 3. The minimum Gasteiger partial charge on any atom is -0.484 e. The van der Waals surface area contributed by atoms with Gasteiger partial charge in [0.1, 0.15) is 11.8 Å². The topological polar surface area (TPSA) is 55.8 Å². The van der Waals surface area contributed by atoms with Gasteiger partial charge in [-0.15, -0.1) is 0 Å². The Hall–Kier alpha value is -3.03. The number of hydrogen-bond donors (Lipinski definition) is 0. The molecule has 0 saturated heterocycles. The molecule has 1 unspecified atom stereocenters. The number of ether oxygens (including phenoxy) is 2. The Kier molecular flexibility index (Phi) is 5.58. The average molecular weight is 393 g/mol. The predicted octanol–water partition coefficient (Wildman–Crippen LogP) is 3.21. The quantitative estimate of drug-likeness (QED) is 0.749. The van der Waals surface area contributed by atoms with E-state index < -0.39 is 36.3 Å². The van der Waals surface area contributed by atoms with E-state index in [1.54, 1.807) is 0 Å². The number of nitrogens with zero attached hydrogens (tertiary/aromatic N) is 1. The Morgan fingerprint density at radius 1 is 1.11 bits per heavy atom. The zero-order chi connectivity index (χ0) is 20.3. The average Bonchev–Trinajstić information content (AvgIpc) is 2.70. The maximum absolute atomic E-state index is 12.8. The number of rotatable bonds is 4. The summed E-state index contributed by atoms with van der Waals surface area (Å²) in [5, 5.41) is 0. The standard InChI is InChI=1S/C20H18F3NO4/c1-27-19(26)17-9-13-5-2-3-6-14(13)11-24(17)18(25)12-28-16-8-4-7-15(10-16)20(21,22)23/h2-8,10,17H,9,11-12H2,1H3. The first-order valence-corrected chi connectivity index (χ1v) is 8.53. The number of alkyl halides is 3. The molecule has 1 heterocycles. The van der Waals surface area contributed by atoms with Crippen LogP contribution in [0.15, 0.2) is 48.5 Å². The molecule has 1 atom stereocenters. The van der Waals surface area contributed by atoms with E-state index in [0.717, 1.165) is 23.3 Å². The van der Waals surface area contributed by atoms with Crippen molar-refractivity contribution in [3.63, 3.8) is 0 Å². The van der Waals surface area contributed by atoms with Crippen LogP contribution >= 0.6 is 0 Å². The monoisotopic (exact) mass is 393 g/mol. The van der Waals surface area contributed by atoms with Crippen molar-refractivity contribution >= 4 is 11.9 Å². The molecule has 0 fully saturated rings. The highest BCUT2D eigenvalue weighted by atomic mass is 19.4. The van der Waals surface area contributed by atoms with Crippen molar-refractivity contribution in [1.82, 2.24) is 4.90 Å². The van der Waals surface area contributed by atoms with Crippen molar-refractivity contribution in [2.45, 2.75) is 25.2 Å². The Morgan fingerprint density at radius 3 is 2.50 bits per heavy atom. The third-order valence-corrected chi connectivity index (χ3v) is 4.57. The van der Waals surface area contributed by atoms with Crippen LogP contribution < -0.4 is 4.74 Å². The first kappa shape index (κ1) is 19.7. The molecule has 2 aromatic carbocycles. The van der Waals surface area contributed by atoms with Gasteiger partial charge < -0.3 is 14.4 Å². The summed E-state index contributed by atoms with van der Waals surface area (Å²) in [5.41, 5.74) is 0.979. The van der Waals surface area contributed by atoms with Gasteiger partial charge in [0.25, 0.3) is 5.91 Å². The van der Waals surface area contributed by atoms with E-state index in [2.05, 4.69) is 0 Å². The SMILES string of the molecule is COC(=O)C1Cc2ccccc2CN1C(=O)COc1cccc(C(F)(F)F)c1. The molecule has 2 aromatic rings. The molecular weight excluding hydrogens is 375 g/mol. The molecule has 1 aliphatic rings. The summed E-state index contributed by atoms with van der Waals surface area (Å²) in [6.07, 6.45) is -4.20. The Bertz CT molecular complexity index is 882. The third-order valence-electron chi connectivity index (χ3n) is 4.57. The number of carbonyl (C=O) groups excluding carboxylic acids is 2. The van der Waals surface area contributed by atoms with Crippen LogP contribution in [0.1, 0.15) is 16.7 Å². The molecule has 1 amide bonds. The molecule has 8 heteroatoms. The zero-order valence-corrected chi connectivity index (χ0v) is 15.0. The molecule has 0 aromatic heterocycles. The highest BCUT2D eigenvalue weighted by Crippen LogP contribution is 2.31. The lowest BCUT2D eigenvalue weighted by atomic mass is 9.94. The minimum atomic E-state index is -4.50. The van der Waals surface area contributed by atoms with Crippen LogP contribution in [0.2, 0.25) is 0 Å². The summed E-state index contributed by atoms with van der Waals surface area (Å²) in [5.74, 6) is -1.14. The van der Waals surface area contributed by atoms with Gasteiger partial charge in [-0.05, 0) is 29.3 Å². The van der Waals surface area contributed by atoms with Crippen molar-refractivity contribution in [1.29, 1.82) is 0 Å². The van der Waals surface area contributed by atoms with Gasteiger partial charge in [-0.25, -0.2) is 4.79 Å². The van der Waals surface area contributed by atoms with E-state index in [1.807, 2.05) is 24.3 Å². The summed E-state index contributed by atoms with van der Waals surface area (Å²) < 4.78 is 48.5. The van der Waals surface area contributed by atoms with Crippen LogP contribution in [0.4, 0.5) is 13.2 Å². The third kappa shape index (κ3) is 4.27. The summed E-state index contributed by atoms with van der Waals surface area (Å²) in [7, 11) is 1.24. The number of benzene rings is 2. The molecular formula is C20H18F3NO4. The Morgan fingerprint density at radius 2 is 1.82 bits per heavy atom. The molecule has 0 saturated carbocycles. The number of hydrogen-bond acceptors (Lipinski definition) is 4. The first-order chi connectivity index (χ1) is 13.3. The fraction of sp³-hybridized carbons (Fsp3) is 0.300. The van der Waals surface area contributed by atoms with Gasteiger partial charge in [-0.2, -0.15) is 13.2 Å². The van der Waals surface area contributed by atoms with Crippen LogP contribution in [0, 0.1) is 0 Å². The zero-order valence-electron chi connectivity index (χ0n) is 15.0. The first-order valence-electron chi connectivity index (χ1n) is 8.53. The maximum atomic E-state index is 12.8. The molecule has 0 spiro atoms. The largest absolute Gasteiger partial charge is 0.484 e. The highest BCUT2D eigenvalue weighted by molar-refractivity contribution is 5.86. The number of esters is 1. The molecule has 0 N–H and O–H groups in total. The van der Waals surface area contributed by atoms with Gasteiger partial charge in [0, 0.05) is 13.0 Å². The van der Waals surface area contributed by atoms with Crippen molar-refractivity contribution in [2.24, 2.45) is 0 Å². The fourth-order valence-corrected chi connectivity index (χ4v) is 3.12. The fourth-order valence-electron chi connectivity index (χ4n) is 3.12. The second kappa shape index (κ2) is 7.92. The Balaban J connectivity index is 1.74. The molecule has 0 aliphatic carbocycles. The smallest absolute Gasteiger partial charge is 0.416 e. The number of fused-ring (bicyclic) bond motifs is 1. The van der Waals surface area contributed by atoms with Crippen molar-refractivity contribution in [2.75, 3.05) is 13.7 Å². The van der Waals surface area contributed by atoms with E-state index in [0.29, 0.717) is 6.42 Å². The predicted molar refractivity (Wildman–Crippen MR) is 93.4 cm³/mol. The molecule has 148 valence electrons. The lowest BCUT2D eigenvalue weighted by Crippen LogP contribution is -2.50. The van der Waals surface area contributed by atoms with E-state index in [9.17, 15) is 22.8 Å². The van der Waals surface area contributed by atoms with Crippen molar-refractivity contribution in [3.05, 3.63) is 65.2 Å². The van der Waals surface area contributed by atoms with Crippen LogP contribution in [0.25, 0.3) is 0 Å². The minimum absolute atomic E-state index is 0.0739. The number of amides is 1. The van der Waals surface area contributed by atoms with Crippen LogP contribution in [-0.2, 0) is 33.5 Å². The molecule has 3 rings (SSSR count). The molecule has 28 heavy (non-hydrogen) atoms.